The van der Waals surface area contributed by atoms with Crippen LogP contribution in [0.4, 0.5) is 0 Å². The maximum atomic E-state index is 12.5. The third-order valence-electron chi connectivity index (χ3n) is 3.79. The third-order valence-corrected chi connectivity index (χ3v) is 3.79. The van der Waals surface area contributed by atoms with Crippen molar-refractivity contribution in [1.29, 1.82) is 0 Å². The second-order valence-corrected chi connectivity index (χ2v) is 4.99. The molecule has 0 saturated carbocycles. The molecule has 0 aliphatic carbocycles. The Morgan fingerprint density at radius 3 is 2.55 bits per heavy atom. The lowest BCUT2D eigenvalue weighted by Crippen LogP contribution is -2.48. The number of fused-ring (bicyclic) bond motifs is 1. The van der Waals surface area contributed by atoms with Gasteiger partial charge < -0.3 is 14.2 Å². The first-order valence-electron chi connectivity index (χ1n) is 6.67. The van der Waals surface area contributed by atoms with Gasteiger partial charge in [-0.25, -0.2) is 0 Å². The van der Waals surface area contributed by atoms with Crippen molar-refractivity contribution in [3.8, 4) is 0 Å². The SMILES string of the molecule is Cc1c(C(=O)N2CCN(C=O)CC2)oc2ccccc12. The van der Waals surface area contributed by atoms with Crippen molar-refractivity contribution in [3.05, 3.63) is 35.6 Å². The molecule has 104 valence electrons. The van der Waals surface area contributed by atoms with Crippen LogP contribution in [0.3, 0.4) is 0 Å². The van der Waals surface area contributed by atoms with Gasteiger partial charge in [-0.1, -0.05) is 18.2 Å². The van der Waals surface area contributed by atoms with Gasteiger partial charge in [-0.05, 0) is 13.0 Å². The molecule has 5 nitrogen and oxygen atoms in total. The fourth-order valence-electron chi connectivity index (χ4n) is 2.55. The third kappa shape index (κ3) is 2.05. The number of hydrogen-bond donors (Lipinski definition) is 0. The van der Waals surface area contributed by atoms with Gasteiger partial charge >= 0.3 is 0 Å². The molecule has 0 radical (unpaired) electrons. The number of rotatable bonds is 2. The summed E-state index contributed by atoms with van der Waals surface area (Å²) in [5, 5.41) is 0.974. The van der Waals surface area contributed by atoms with Crippen LogP contribution in [0.1, 0.15) is 16.1 Å². The van der Waals surface area contributed by atoms with Gasteiger partial charge in [-0.2, -0.15) is 0 Å². The van der Waals surface area contributed by atoms with Crippen LogP contribution in [0.15, 0.2) is 28.7 Å². The maximum Gasteiger partial charge on any atom is 0.290 e. The number of furan rings is 1. The van der Waals surface area contributed by atoms with Crippen LogP contribution in [0.25, 0.3) is 11.0 Å². The van der Waals surface area contributed by atoms with Gasteiger partial charge in [0.15, 0.2) is 5.76 Å². The van der Waals surface area contributed by atoms with Crippen LogP contribution in [0.5, 0.6) is 0 Å². The highest BCUT2D eigenvalue weighted by atomic mass is 16.3. The van der Waals surface area contributed by atoms with E-state index in [1.165, 1.54) is 0 Å². The van der Waals surface area contributed by atoms with E-state index in [1.807, 2.05) is 31.2 Å². The number of para-hydroxylation sites is 1. The molecular formula is C15H16N2O3. The smallest absolute Gasteiger partial charge is 0.290 e. The lowest BCUT2D eigenvalue weighted by atomic mass is 10.1. The summed E-state index contributed by atoms with van der Waals surface area (Å²) < 4.78 is 5.69. The molecule has 0 N–H and O–H groups in total. The van der Waals surface area contributed by atoms with E-state index in [2.05, 4.69) is 0 Å². The minimum atomic E-state index is -0.0933. The number of carbonyl (C=O) groups excluding carboxylic acids is 2. The van der Waals surface area contributed by atoms with Crippen LogP contribution in [-0.2, 0) is 4.79 Å². The second-order valence-electron chi connectivity index (χ2n) is 4.99. The van der Waals surface area contributed by atoms with Crippen LogP contribution in [0, 0.1) is 6.92 Å². The van der Waals surface area contributed by atoms with E-state index in [4.69, 9.17) is 4.42 Å². The maximum absolute atomic E-state index is 12.5. The zero-order valence-electron chi connectivity index (χ0n) is 11.3. The zero-order valence-corrected chi connectivity index (χ0v) is 11.3. The van der Waals surface area contributed by atoms with Crippen LogP contribution in [-0.4, -0.2) is 48.3 Å². The molecule has 2 heterocycles. The number of amides is 2. The summed E-state index contributed by atoms with van der Waals surface area (Å²) in [6, 6.07) is 7.64. The van der Waals surface area contributed by atoms with Gasteiger partial charge in [0.05, 0.1) is 0 Å². The number of benzene rings is 1. The standard InChI is InChI=1S/C15H16N2O3/c1-11-12-4-2-3-5-13(12)20-14(11)15(19)17-8-6-16(10-18)7-9-17/h2-5,10H,6-9H2,1H3. The molecule has 0 unspecified atom stereocenters. The Labute approximate surface area is 116 Å². The summed E-state index contributed by atoms with van der Waals surface area (Å²) in [5.41, 5.74) is 1.61. The highest BCUT2D eigenvalue weighted by molar-refractivity contribution is 5.99. The Morgan fingerprint density at radius 2 is 1.90 bits per heavy atom. The molecule has 5 heteroatoms. The predicted molar refractivity (Wildman–Crippen MR) is 74.5 cm³/mol. The van der Waals surface area contributed by atoms with Crippen molar-refractivity contribution in [3.63, 3.8) is 0 Å². The summed E-state index contributed by atoms with van der Waals surface area (Å²) in [7, 11) is 0. The first kappa shape index (κ1) is 12.7. The normalized spacial score (nSPS) is 15.7. The molecule has 0 bridgehead atoms. The number of piperazine rings is 1. The Morgan fingerprint density at radius 1 is 1.20 bits per heavy atom. The van der Waals surface area contributed by atoms with Crippen molar-refractivity contribution >= 4 is 23.3 Å². The summed E-state index contributed by atoms with van der Waals surface area (Å²) in [4.78, 5) is 26.6. The van der Waals surface area contributed by atoms with Gasteiger partial charge in [0, 0.05) is 37.1 Å². The molecule has 1 saturated heterocycles. The van der Waals surface area contributed by atoms with E-state index in [0.29, 0.717) is 31.9 Å². The van der Waals surface area contributed by atoms with Crippen molar-refractivity contribution in [2.45, 2.75) is 6.92 Å². The molecule has 1 fully saturated rings. The Kier molecular flexibility index (Phi) is 3.18. The molecule has 3 rings (SSSR count). The van der Waals surface area contributed by atoms with Gasteiger partial charge in [0.25, 0.3) is 5.91 Å². The molecule has 2 amide bonds. The van der Waals surface area contributed by atoms with E-state index in [-0.39, 0.29) is 5.91 Å². The predicted octanol–water partition coefficient (Wildman–Crippen LogP) is 1.66. The molecule has 1 aromatic carbocycles. The topological polar surface area (TPSA) is 53.8 Å². The summed E-state index contributed by atoms with van der Waals surface area (Å²) in [6.07, 6.45) is 0.828. The van der Waals surface area contributed by atoms with Crippen molar-refractivity contribution < 1.29 is 14.0 Å². The molecular weight excluding hydrogens is 256 g/mol. The molecule has 20 heavy (non-hydrogen) atoms. The number of aryl methyl sites for hydroxylation is 1. The highest BCUT2D eigenvalue weighted by Gasteiger charge is 2.26. The zero-order chi connectivity index (χ0) is 14.1. The Hall–Kier alpha value is -2.30. The lowest BCUT2D eigenvalue weighted by Gasteiger charge is -2.32. The number of hydrogen-bond acceptors (Lipinski definition) is 3. The second kappa shape index (κ2) is 5.00. The molecule has 2 aromatic rings. The van der Waals surface area contributed by atoms with Gasteiger partial charge in [0.2, 0.25) is 6.41 Å². The van der Waals surface area contributed by atoms with Crippen LogP contribution in [0.2, 0.25) is 0 Å². The van der Waals surface area contributed by atoms with Crippen LogP contribution >= 0.6 is 0 Å². The molecule has 1 aliphatic heterocycles. The number of carbonyl (C=O) groups is 2. The summed E-state index contributed by atoms with van der Waals surface area (Å²) >= 11 is 0. The fourth-order valence-corrected chi connectivity index (χ4v) is 2.55. The van der Waals surface area contributed by atoms with Crippen molar-refractivity contribution in [2.75, 3.05) is 26.2 Å². The van der Waals surface area contributed by atoms with E-state index in [9.17, 15) is 9.59 Å². The average molecular weight is 272 g/mol. The van der Waals surface area contributed by atoms with E-state index >= 15 is 0 Å². The van der Waals surface area contributed by atoms with Gasteiger partial charge in [0.1, 0.15) is 5.58 Å². The first-order chi connectivity index (χ1) is 9.70. The summed E-state index contributed by atoms with van der Waals surface area (Å²) in [6.45, 7) is 4.16. The quantitative estimate of drug-likeness (QED) is 0.781. The lowest BCUT2D eigenvalue weighted by molar-refractivity contribution is -0.119. The molecule has 1 aromatic heterocycles. The minimum absolute atomic E-state index is 0.0933. The fraction of sp³-hybridized carbons (Fsp3) is 0.333. The van der Waals surface area contributed by atoms with Crippen molar-refractivity contribution in [1.82, 2.24) is 9.80 Å². The van der Waals surface area contributed by atoms with Gasteiger partial charge in [-0.3, -0.25) is 9.59 Å². The van der Waals surface area contributed by atoms with E-state index < -0.39 is 0 Å². The van der Waals surface area contributed by atoms with E-state index in [1.54, 1.807) is 9.80 Å². The summed E-state index contributed by atoms with van der Waals surface area (Å²) in [5.74, 6) is 0.315. The first-order valence-corrected chi connectivity index (χ1v) is 6.67. The average Bonchev–Trinajstić information content (AvgIpc) is 2.84. The van der Waals surface area contributed by atoms with E-state index in [0.717, 1.165) is 22.9 Å². The monoisotopic (exact) mass is 272 g/mol. The van der Waals surface area contributed by atoms with Crippen molar-refractivity contribution in [2.24, 2.45) is 0 Å². The number of nitrogens with zero attached hydrogens (tertiary/aromatic N) is 2. The highest BCUT2D eigenvalue weighted by Crippen LogP contribution is 2.26. The Balaban J connectivity index is 1.86. The molecule has 0 atom stereocenters. The Bertz CT molecular complexity index is 654. The van der Waals surface area contributed by atoms with Gasteiger partial charge in [-0.15, -0.1) is 0 Å². The minimum Gasteiger partial charge on any atom is -0.451 e. The molecule has 0 spiro atoms. The largest absolute Gasteiger partial charge is 0.451 e. The van der Waals surface area contributed by atoms with Crippen LogP contribution < -0.4 is 0 Å². The molecule has 1 aliphatic rings.